The highest BCUT2D eigenvalue weighted by atomic mass is 15.1. The van der Waals surface area contributed by atoms with Crippen molar-refractivity contribution in [3.8, 4) is 0 Å². The molecule has 1 aliphatic heterocycles. The van der Waals surface area contributed by atoms with Crippen molar-refractivity contribution in [2.75, 3.05) is 6.54 Å². The van der Waals surface area contributed by atoms with E-state index in [0.29, 0.717) is 0 Å². The molecule has 0 aliphatic carbocycles. The summed E-state index contributed by atoms with van der Waals surface area (Å²) in [4.78, 5) is 4.63. The SMILES string of the molecule is C=CC1=C(/C=C\C)n2cnc(CCCCCN)c2CC1. The average molecular weight is 271 g/mol. The maximum atomic E-state index is 5.54. The van der Waals surface area contributed by atoms with Crippen LogP contribution in [-0.2, 0) is 12.8 Å². The molecule has 0 aromatic carbocycles. The zero-order chi connectivity index (χ0) is 14.4. The smallest absolute Gasteiger partial charge is 0.0997 e. The highest BCUT2D eigenvalue weighted by molar-refractivity contribution is 5.66. The lowest BCUT2D eigenvalue weighted by Crippen LogP contribution is -2.10. The monoisotopic (exact) mass is 271 g/mol. The van der Waals surface area contributed by atoms with Crippen LogP contribution < -0.4 is 5.73 Å². The maximum absolute atomic E-state index is 5.54. The molecule has 2 rings (SSSR count). The van der Waals surface area contributed by atoms with Crippen LogP contribution in [0.25, 0.3) is 5.70 Å². The largest absolute Gasteiger partial charge is 0.330 e. The van der Waals surface area contributed by atoms with Crippen molar-refractivity contribution in [1.29, 1.82) is 0 Å². The van der Waals surface area contributed by atoms with Gasteiger partial charge < -0.3 is 10.3 Å². The van der Waals surface area contributed by atoms with Gasteiger partial charge in [0.15, 0.2) is 0 Å². The molecule has 0 bridgehead atoms. The van der Waals surface area contributed by atoms with Crippen molar-refractivity contribution in [1.82, 2.24) is 9.55 Å². The first-order valence-electron chi connectivity index (χ1n) is 7.55. The van der Waals surface area contributed by atoms with Crippen LogP contribution in [0, 0.1) is 0 Å². The number of aryl methyl sites for hydroxylation is 1. The van der Waals surface area contributed by atoms with Crippen LogP contribution in [0.15, 0.2) is 36.7 Å². The van der Waals surface area contributed by atoms with Crippen LogP contribution >= 0.6 is 0 Å². The fourth-order valence-corrected chi connectivity index (χ4v) is 2.79. The van der Waals surface area contributed by atoms with E-state index in [9.17, 15) is 0 Å². The summed E-state index contributed by atoms with van der Waals surface area (Å²) < 4.78 is 2.23. The Bertz CT molecular complexity index is 520. The lowest BCUT2D eigenvalue weighted by Gasteiger charge is -2.20. The third-order valence-electron chi connectivity index (χ3n) is 3.86. The predicted molar refractivity (Wildman–Crippen MR) is 85.4 cm³/mol. The molecule has 0 amide bonds. The van der Waals surface area contributed by atoms with Gasteiger partial charge in [0, 0.05) is 11.4 Å². The Kier molecular flexibility index (Phi) is 5.36. The molecule has 1 aliphatic rings. The number of rotatable bonds is 7. The Balaban J connectivity index is 2.19. The summed E-state index contributed by atoms with van der Waals surface area (Å²) in [5, 5.41) is 0. The summed E-state index contributed by atoms with van der Waals surface area (Å²) in [6.07, 6.45) is 14.8. The minimum absolute atomic E-state index is 0.790. The minimum atomic E-state index is 0.790. The molecule has 0 atom stereocenters. The number of aromatic nitrogens is 2. The van der Waals surface area contributed by atoms with Crippen LogP contribution in [0.1, 0.15) is 44.0 Å². The van der Waals surface area contributed by atoms with Gasteiger partial charge in [0.1, 0.15) is 0 Å². The molecular formula is C17H25N3. The van der Waals surface area contributed by atoms with Crippen molar-refractivity contribution >= 4 is 5.70 Å². The van der Waals surface area contributed by atoms with E-state index in [2.05, 4.69) is 28.3 Å². The van der Waals surface area contributed by atoms with E-state index in [1.165, 1.54) is 35.5 Å². The standard InChI is InChI=1S/C17H25N3/c1-3-8-16-14(4-2)10-11-17-15(19-13-20(16)17)9-6-5-7-12-18/h3-4,8,13H,2,5-7,9-12,18H2,1H3/b8-3-. The van der Waals surface area contributed by atoms with Crippen molar-refractivity contribution in [3.05, 3.63) is 48.1 Å². The molecule has 108 valence electrons. The van der Waals surface area contributed by atoms with Gasteiger partial charge in [0.2, 0.25) is 0 Å². The zero-order valence-electron chi connectivity index (χ0n) is 12.4. The fourth-order valence-electron chi connectivity index (χ4n) is 2.79. The van der Waals surface area contributed by atoms with Crippen LogP contribution in [0.4, 0.5) is 0 Å². The number of hydrogen-bond donors (Lipinski definition) is 1. The molecule has 3 nitrogen and oxygen atoms in total. The van der Waals surface area contributed by atoms with Gasteiger partial charge in [-0.2, -0.15) is 0 Å². The van der Waals surface area contributed by atoms with Crippen molar-refractivity contribution in [3.63, 3.8) is 0 Å². The first kappa shape index (κ1) is 14.8. The molecule has 20 heavy (non-hydrogen) atoms. The van der Waals surface area contributed by atoms with E-state index < -0.39 is 0 Å². The summed E-state index contributed by atoms with van der Waals surface area (Å²) in [7, 11) is 0. The number of allylic oxidation sites excluding steroid dienone is 5. The second-order valence-electron chi connectivity index (χ2n) is 5.22. The number of hydrogen-bond acceptors (Lipinski definition) is 2. The highest BCUT2D eigenvalue weighted by Gasteiger charge is 2.19. The fraction of sp³-hybridized carbons (Fsp3) is 0.471. The molecule has 0 unspecified atom stereocenters. The van der Waals surface area contributed by atoms with E-state index >= 15 is 0 Å². The molecule has 1 aromatic rings. The van der Waals surface area contributed by atoms with Crippen LogP contribution in [0.2, 0.25) is 0 Å². The second kappa shape index (κ2) is 7.25. The van der Waals surface area contributed by atoms with Gasteiger partial charge in [-0.1, -0.05) is 25.2 Å². The third kappa shape index (κ3) is 3.10. The molecule has 0 saturated heterocycles. The quantitative estimate of drug-likeness (QED) is 0.772. The number of fused-ring (bicyclic) bond motifs is 1. The first-order chi connectivity index (χ1) is 9.81. The Hall–Kier alpha value is -1.61. The van der Waals surface area contributed by atoms with E-state index in [1.807, 2.05) is 19.3 Å². The van der Waals surface area contributed by atoms with E-state index in [4.69, 9.17) is 5.73 Å². The number of imidazole rings is 1. The van der Waals surface area contributed by atoms with Gasteiger partial charge in [-0.25, -0.2) is 4.98 Å². The molecule has 2 N–H and O–H groups in total. The Labute approximate surface area is 121 Å². The molecule has 0 fully saturated rings. The minimum Gasteiger partial charge on any atom is -0.330 e. The predicted octanol–water partition coefficient (Wildman–Crippen LogP) is 3.47. The van der Waals surface area contributed by atoms with Crippen LogP contribution in [0.5, 0.6) is 0 Å². The molecule has 0 radical (unpaired) electrons. The van der Waals surface area contributed by atoms with E-state index in [0.717, 1.165) is 32.2 Å². The Morgan fingerprint density at radius 1 is 1.35 bits per heavy atom. The first-order valence-corrected chi connectivity index (χ1v) is 7.55. The third-order valence-corrected chi connectivity index (χ3v) is 3.86. The summed E-state index contributed by atoms with van der Waals surface area (Å²) in [6.45, 7) is 6.77. The zero-order valence-corrected chi connectivity index (χ0v) is 12.4. The van der Waals surface area contributed by atoms with Gasteiger partial charge in [-0.3, -0.25) is 0 Å². The maximum Gasteiger partial charge on any atom is 0.0997 e. The van der Waals surface area contributed by atoms with Crippen LogP contribution in [0.3, 0.4) is 0 Å². The van der Waals surface area contributed by atoms with Crippen molar-refractivity contribution in [2.24, 2.45) is 5.73 Å². The Morgan fingerprint density at radius 2 is 2.20 bits per heavy atom. The lowest BCUT2D eigenvalue weighted by atomic mass is 9.99. The van der Waals surface area contributed by atoms with E-state index in [1.54, 1.807) is 0 Å². The number of nitrogens with zero attached hydrogens (tertiary/aromatic N) is 2. The van der Waals surface area contributed by atoms with Crippen molar-refractivity contribution in [2.45, 2.75) is 45.4 Å². The topological polar surface area (TPSA) is 43.8 Å². The van der Waals surface area contributed by atoms with Crippen molar-refractivity contribution < 1.29 is 0 Å². The second-order valence-corrected chi connectivity index (χ2v) is 5.22. The summed E-state index contributed by atoms with van der Waals surface area (Å²) in [5.74, 6) is 0. The summed E-state index contributed by atoms with van der Waals surface area (Å²) >= 11 is 0. The normalized spacial score (nSPS) is 14.9. The van der Waals surface area contributed by atoms with Gasteiger partial charge in [-0.05, 0) is 57.2 Å². The lowest BCUT2D eigenvalue weighted by molar-refractivity contribution is 0.674. The van der Waals surface area contributed by atoms with E-state index in [-0.39, 0.29) is 0 Å². The molecule has 3 heteroatoms. The molecule has 2 heterocycles. The molecule has 0 saturated carbocycles. The average Bonchev–Trinajstić information content (AvgIpc) is 2.88. The van der Waals surface area contributed by atoms with Crippen LogP contribution in [-0.4, -0.2) is 16.1 Å². The molecule has 1 aromatic heterocycles. The summed E-state index contributed by atoms with van der Waals surface area (Å²) in [5.41, 5.74) is 10.7. The van der Waals surface area contributed by atoms with Gasteiger partial charge >= 0.3 is 0 Å². The number of unbranched alkanes of at least 4 members (excludes halogenated alkanes) is 2. The van der Waals surface area contributed by atoms with Gasteiger partial charge in [0.25, 0.3) is 0 Å². The highest BCUT2D eigenvalue weighted by Crippen LogP contribution is 2.29. The summed E-state index contributed by atoms with van der Waals surface area (Å²) in [6, 6.07) is 0. The van der Waals surface area contributed by atoms with Gasteiger partial charge in [0.05, 0.1) is 12.0 Å². The number of nitrogens with two attached hydrogens (primary N) is 1. The Morgan fingerprint density at radius 3 is 2.90 bits per heavy atom. The van der Waals surface area contributed by atoms with Gasteiger partial charge in [-0.15, -0.1) is 0 Å². The molecule has 0 spiro atoms. The molecular weight excluding hydrogens is 246 g/mol.